The highest BCUT2D eigenvalue weighted by Crippen LogP contribution is 2.68. The van der Waals surface area contributed by atoms with E-state index >= 15 is 0 Å². The molecular weight excluding hydrogens is 1040 g/mol. The third kappa shape index (κ3) is 7.95. The molecule has 3 nitrogen and oxygen atoms in total. The maximum atomic E-state index is 7.54. The molecule has 3 heteroatoms. The van der Waals surface area contributed by atoms with Gasteiger partial charge in [0.2, 0.25) is 0 Å². The number of fused-ring (bicyclic) bond motifs is 18. The predicted octanol–water partition coefficient (Wildman–Crippen LogP) is 23.1. The molecule has 0 bridgehead atoms. The van der Waals surface area contributed by atoms with Gasteiger partial charge in [-0.3, -0.25) is 0 Å². The lowest BCUT2D eigenvalue weighted by Crippen LogP contribution is -2.26. The maximum absolute atomic E-state index is 7.54. The number of benzene rings is 13. The van der Waals surface area contributed by atoms with Gasteiger partial charge in [0.25, 0.3) is 0 Å². The number of hydrogen-bond acceptors (Lipinski definition) is 3. The molecule has 2 aliphatic rings. The van der Waals surface area contributed by atoms with Gasteiger partial charge >= 0.3 is 0 Å². The Bertz CT molecular complexity index is 4880. The fourth-order valence-electron chi connectivity index (χ4n) is 14.4. The normalized spacial score (nSPS) is 13.1. The van der Waals surface area contributed by atoms with Crippen molar-refractivity contribution in [1.29, 1.82) is 0 Å². The van der Waals surface area contributed by atoms with E-state index in [9.17, 15) is 0 Å². The second-order valence-electron chi connectivity index (χ2n) is 25.6. The van der Waals surface area contributed by atoms with Crippen LogP contribution in [0.15, 0.2) is 283 Å². The van der Waals surface area contributed by atoms with Crippen molar-refractivity contribution in [1.82, 2.24) is 0 Å². The zero-order valence-corrected chi connectivity index (χ0v) is 49.4. The summed E-state index contributed by atoms with van der Waals surface area (Å²) in [5, 5.41) is 7.08. The number of furan rings is 1. The molecule has 2 aliphatic carbocycles. The van der Waals surface area contributed by atoms with Crippen molar-refractivity contribution >= 4 is 77.6 Å². The Morgan fingerprint density at radius 3 is 1.23 bits per heavy atom. The summed E-state index contributed by atoms with van der Waals surface area (Å²) in [4.78, 5) is 4.95. The average Bonchev–Trinajstić information content (AvgIpc) is 1.49. The van der Waals surface area contributed by atoms with Crippen molar-refractivity contribution in [2.75, 3.05) is 9.80 Å². The summed E-state index contributed by atoms with van der Waals surface area (Å²) >= 11 is 0. The first-order valence-corrected chi connectivity index (χ1v) is 30.2. The fourth-order valence-corrected chi connectivity index (χ4v) is 14.4. The van der Waals surface area contributed by atoms with Crippen molar-refractivity contribution in [2.24, 2.45) is 0 Å². The molecule has 0 fully saturated rings. The van der Waals surface area contributed by atoms with Crippen molar-refractivity contribution in [3.8, 4) is 44.5 Å². The van der Waals surface area contributed by atoms with Gasteiger partial charge < -0.3 is 14.2 Å². The first-order valence-electron chi connectivity index (χ1n) is 30.2. The van der Waals surface area contributed by atoms with E-state index in [-0.39, 0.29) is 10.8 Å². The minimum absolute atomic E-state index is 0.0120. The number of para-hydroxylation sites is 1. The Balaban J connectivity index is 1.03. The minimum atomic E-state index is -0.820. The Hall–Kier alpha value is -10.2. The van der Waals surface area contributed by atoms with Crippen LogP contribution < -0.4 is 9.80 Å². The van der Waals surface area contributed by atoms with Gasteiger partial charge in [-0.1, -0.05) is 248 Å². The molecule has 0 saturated carbocycles. The third-order valence-electron chi connectivity index (χ3n) is 18.6. The molecule has 1 aromatic heterocycles. The van der Waals surface area contributed by atoms with Gasteiger partial charge in [-0.25, -0.2) is 0 Å². The molecule has 16 rings (SSSR count). The second-order valence-corrected chi connectivity index (χ2v) is 25.6. The standard InChI is InChI=1S/C83H64N2O/c1-81(2,3)59-35-43-62(44-36-59)84(61-39-29-55(30-40-61)53-19-9-7-10-20-53)65-47-48-68-72(51-65)83(70-49-33-57-23-13-15-25-66(57)76(70)77-67-26-16-14-24-58(67)34-50-71(77)83)73-52-74(79-69-27-17-18-28-75(69)86-80(79)78(68)73)85(64-45-37-60(38-46-64)82(4,5)6)63-41-31-56(32-42-63)54-21-11-8-12-22-54/h7-52H,1-6H3. The van der Waals surface area contributed by atoms with Crippen LogP contribution in [0.4, 0.5) is 34.1 Å². The molecule has 1 heterocycles. The van der Waals surface area contributed by atoms with E-state index in [1.54, 1.807) is 0 Å². The van der Waals surface area contributed by atoms with Crippen molar-refractivity contribution in [3.05, 3.63) is 312 Å². The van der Waals surface area contributed by atoms with E-state index in [4.69, 9.17) is 4.42 Å². The molecule has 0 radical (unpaired) electrons. The number of hydrogen-bond donors (Lipinski definition) is 0. The van der Waals surface area contributed by atoms with Crippen LogP contribution in [0.2, 0.25) is 0 Å². The fraction of sp³-hybridized carbons (Fsp3) is 0.108. The number of anilines is 6. The van der Waals surface area contributed by atoms with E-state index < -0.39 is 5.41 Å². The molecule has 0 amide bonds. The lowest BCUT2D eigenvalue weighted by Gasteiger charge is -2.34. The van der Waals surface area contributed by atoms with E-state index in [0.717, 1.165) is 67.2 Å². The summed E-state index contributed by atoms with van der Waals surface area (Å²) in [5.74, 6) is 0. The van der Waals surface area contributed by atoms with Crippen molar-refractivity contribution in [2.45, 2.75) is 57.8 Å². The molecule has 0 N–H and O–H groups in total. The van der Waals surface area contributed by atoms with Crippen LogP contribution in [0, 0.1) is 0 Å². The quantitative estimate of drug-likeness (QED) is 0.151. The lowest BCUT2D eigenvalue weighted by atomic mass is 9.70. The molecule has 14 aromatic rings. The highest BCUT2D eigenvalue weighted by atomic mass is 16.3. The lowest BCUT2D eigenvalue weighted by molar-refractivity contribution is 0.590. The summed E-state index contributed by atoms with van der Waals surface area (Å²) in [6.45, 7) is 13.7. The first-order chi connectivity index (χ1) is 41.9. The van der Waals surface area contributed by atoms with Gasteiger partial charge in [0.1, 0.15) is 11.2 Å². The molecule has 0 unspecified atom stereocenters. The van der Waals surface area contributed by atoms with Crippen LogP contribution in [-0.2, 0) is 16.2 Å². The average molecular weight is 1110 g/mol. The molecule has 412 valence electrons. The molecule has 13 aromatic carbocycles. The molecule has 0 saturated heterocycles. The van der Waals surface area contributed by atoms with Gasteiger partial charge in [-0.15, -0.1) is 0 Å². The Morgan fingerprint density at radius 1 is 0.314 bits per heavy atom. The van der Waals surface area contributed by atoms with Crippen LogP contribution in [0.5, 0.6) is 0 Å². The van der Waals surface area contributed by atoms with E-state index in [0.29, 0.717) is 0 Å². The minimum Gasteiger partial charge on any atom is -0.455 e. The second kappa shape index (κ2) is 19.4. The zero-order valence-electron chi connectivity index (χ0n) is 49.4. The zero-order chi connectivity index (χ0) is 58.1. The highest BCUT2D eigenvalue weighted by Gasteiger charge is 2.54. The summed E-state index contributed by atoms with van der Waals surface area (Å²) in [7, 11) is 0. The number of nitrogens with zero attached hydrogens (tertiary/aromatic N) is 2. The highest BCUT2D eigenvalue weighted by molar-refractivity contribution is 6.21. The van der Waals surface area contributed by atoms with E-state index in [1.165, 1.54) is 88.3 Å². The molecule has 0 atom stereocenters. The SMILES string of the molecule is CC(C)(C)c1ccc(N(c2ccc(-c3ccccc3)cc2)c2ccc3c(c2)C2(c4ccc5ccccc5c4-c4c2ccc2ccccc42)c2cc(N(c4ccc(-c5ccccc5)cc4)c4ccc(C(C)(C)C)cc4)c4c(oc5ccccc54)c2-3)cc1. The number of rotatable bonds is 8. The molecule has 1 spiro atoms. The monoisotopic (exact) mass is 1100 g/mol. The van der Waals surface area contributed by atoms with Gasteiger partial charge in [0, 0.05) is 39.4 Å². The van der Waals surface area contributed by atoms with Gasteiger partial charge in [-0.2, -0.15) is 0 Å². The third-order valence-corrected chi connectivity index (χ3v) is 18.6. The summed E-state index contributed by atoms with van der Waals surface area (Å²) in [5.41, 5.74) is 24.4. The Kier molecular flexibility index (Phi) is 11.6. The van der Waals surface area contributed by atoms with Crippen LogP contribution >= 0.6 is 0 Å². The van der Waals surface area contributed by atoms with Crippen LogP contribution in [0.25, 0.3) is 88.0 Å². The molecule has 0 aliphatic heterocycles. The van der Waals surface area contributed by atoms with Crippen LogP contribution in [0.3, 0.4) is 0 Å². The Morgan fingerprint density at radius 2 is 0.733 bits per heavy atom. The smallest absolute Gasteiger partial charge is 0.145 e. The van der Waals surface area contributed by atoms with E-state index in [2.05, 4.69) is 330 Å². The van der Waals surface area contributed by atoms with Crippen molar-refractivity contribution < 1.29 is 4.42 Å². The summed E-state index contributed by atoms with van der Waals surface area (Å²) in [6.07, 6.45) is 0. The van der Waals surface area contributed by atoms with Gasteiger partial charge in [0.15, 0.2) is 0 Å². The Labute approximate surface area is 503 Å². The largest absolute Gasteiger partial charge is 0.455 e. The van der Waals surface area contributed by atoms with Crippen molar-refractivity contribution in [3.63, 3.8) is 0 Å². The summed E-state index contributed by atoms with van der Waals surface area (Å²) in [6, 6.07) is 104. The molecule has 86 heavy (non-hydrogen) atoms. The van der Waals surface area contributed by atoms with Gasteiger partial charge in [-0.05, 0) is 177 Å². The van der Waals surface area contributed by atoms with Crippen LogP contribution in [0.1, 0.15) is 74.9 Å². The molecular formula is C83H64N2O. The van der Waals surface area contributed by atoms with E-state index in [1.807, 2.05) is 0 Å². The predicted molar refractivity (Wildman–Crippen MR) is 363 cm³/mol. The van der Waals surface area contributed by atoms with Crippen LogP contribution in [-0.4, -0.2) is 0 Å². The topological polar surface area (TPSA) is 19.6 Å². The maximum Gasteiger partial charge on any atom is 0.145 e. The first kappa shape index (κ1) is 51.4. The van der Waals surface area contributed by atoms with Gasteiger partial charge in [0.05, 0.1) is 16.5 Å². The summed E-state index contributed by atoms with van der Waals surface area (Å²) < 4.78 is 7.54.